The van der Waals surface area contributed by atoms with Gasteiger partial charge in [0, 0.05) is 5.56 Å². The van der Waals surface area contributed by atoms with Gasteiger partial charge in [-0.2, -0.15) is 0 Å². The Labute approximate surface area is 146 Å². The Morgan fingerprint density at radius 3 is 2.48 bits per heavy atom. The highest BCUT2D eigenvalue weighted by Crippen LogP contribution is 2.28. The van der Waals surface area contributed by atoms with Crippen molar-refractivity contribution in [2.24, 2.45) is 0 Å². The molecule has 2 aromatic rings. The minimum absolute atomic E-state index is 0.0891. The van der Waals surface area contributed by atoms with E-state index in [0.717, 1.165) is 16.7 Å². The van der Waals surface area contributed by atoms with Crippen LogP contribution in [0, 0.1) is 13.8 Å². The average Bonchev–Trinajstić information content (AvgIpc) is 2.58. The van der Waals surface area contributed by atoms with Crippen LogP contribution in [-0.4, -0.2) is 25.5 Å². The van der Waals surface area contributed by atoms with E-state index >= 15 is 0 Å². The molecular formula is C20H19O5-. The van der Waals surface area contributed by atoms with Gasteiger partial charge >= 0.3 is 0 Å². The van der Waals surface area contributed by atoms with Crippen molar-refractivity contribution in [2.45, 2.75) is 13.8 Å². The number of carbonyl (C=O) groups excluding carboxylic acids is 2. The lowest BCUT2D eigenvalue weighted by Gasteiger charge is -2.11. The maximum atomic E-state index is 12.3. The van der Waals surface area contributed by atoms with Crippen LogP contribution in [0.25, 0.3) is 6.08 Å². The SMILES string of the molecule is COc1cc(/C=C/C(=O)c2ccc(C)cc2C)ccc1OCC(=O)[O-]. The third kappa shape index (κ3) is 4.94. The van der Waals surface area contributed by atoms with E-state index in [2.05, 4.69) is 0 Å². The molecule has 5 nitrogen and oxygen atoms in total. The summed E-state index contributed by atoms with van der Waals surface area (Å²) in [6.45, 7) is 3.32. The second-order valence-electron chi connectivity index (χ2n) is 5.59. The molecule has 0 heterocycles. The molecule has 2 aromatic carbocycles. The van der Waals surface area contributed by atoms with Gasteiger partial charge in [-0.05, 0) is 43.2 Å². The number of carboxylic acids is 1. The van der Waals surface area contributed by atoms with Gasteiger partial charge in [-0.15, -0.1) is 0 Å². The van der Waals surface area contributed by atoms with Crippen LogP contribution in [0.4, 0.5) is 0 Å². The van der Waals surface area contributed by atoms with Gasteiger partial charge in [0.05, 0.1) is 13.1 Å². The molecule has 25 heavy (non-hydrogen) atoms. The van der Waals surface area contributed by atoms with E-state index in [4.69, 9.17) is 9.47 Å². The van der Waals surface area contributed by atoms with Crippen LogP contribution in [0.5, 0.6) is 11.5 Å². The number of aryl methyl sites for hydroxylation is 2. The van der Waals surface area contributed by atoms with Gasteiger partial charge in [-0.3, -0.25) is 4.79 Å². The van der Waals surface area contributed by atoms with Gasteiger partial charge in [0.15, 0.2) is 17.3 Å². The summed E-state index contributed by atoms with van der Waals surface area (Å²) in [5.41, 5.74) is 3.42. The summed E-state index contributed by atoms with van der Waals surface area (Å²) >= 11 is 0. The lowest BCUT2D eigenvalue weighted by molar-refractivity contribution is -0.307. The number of carboxylic acid groups (broad SMARTS) is 1. The lowest BCUT2D eigenvalue weighted by Crippen LogP contribution is -2.29. The highest BCUT2D eigenvalue weighted by atomic mass is 16.5. The van der Waals surface area contributed by atoms with Gasteiger partial charge in [0.1, 0.15) is 6.61 Å². The van der Waals surface area contributed by atoms with Crippen LogP contribution < -0.4 is 14.6 Å². The summed E-state index contributed by atoms with van der Waals surface area (Å²) in [4.78, 5) is 22.8. The normalized spacial score (nSPS) is 10.7. The van der Waals surface area contributed by atoms with Crippen molar-refractivity contribution in [1.29, 1.82) is 0 Å². The average molecular weight is 339 g/mol. The predicted molar refractivity (Wildman–Crippen MR) is 92.8 cm³/mol. The fraction of sp³-hybridized carbons (Fsp3) is 0.200. The molecule has 5 heteroatoms. The number of allylic oxidation sites excluding steroid dienone is 1. The monoisotopic (exact) mass is 339 g/mol. The van der Waals surface area contributed by atoms with Gasteiger partial charge in [0.2, 0.25) is 0 Å². The molecule has 130 valence electrons. The molecule has 0 aliphatic carbocycles. The highest BCUT2D eigenvalue weighted by molar-refractivity contribution is 6.07. The largest absolute Gasteiger partial charge is 0.546 e. The number of hydrogen-bond acceptors (Lipinski definition) is 5. The predicted octanol–water partition coefficient (Wildman–Crippen LogP) is 2.34. The molecule has 0 bridgehead atoms. The Morgan fingerprint density at radius 2 is 1.84 bits per heavy atom. The first-order chi connectivity index (χ1) is 11.9. The Morgan fingerprint density at radius 1 is 1.08 bits per heavy atom. The number of hydrogen-bond donors (Lipinski definition) is 0. The van der Waals surface area contributed by atoms with Crippen LogP contribution >= 0.6 is 0 Å². The number of rotatable bonds is 7. The molecule has 0 saturated carbocycles. The molecule has 0 atom stereocenters. The number of ether oxygens (including phenoxy) is 2. The van der Waals surface area contributed by atoms with Gasteiger partial charge in [-0.25, -0.2) is 0 Å². The molecule has 0 unspecified atom stereocenters. The number of aliphatic carboxylic acids is 1. The molecule has 0 radical (unpaired) electrons. The zero-order valence-corrected chi connectivity index (χ0v) is 14.4. The Hall–Kier alpha value is -3.08. The highest BCUT2D eigenvalue weighted by Gasteiger charge is 2.07. The van der Waals surface area contributed by atoms with Gasteiger partial charge < -0.3 is 19.4 Å². The van der Waals surface area contributed by atoms with Crippen LogP contribution in [-0.2, 0) is 4.79 Å². The Bertz CT molecular complexity index is 821. The zero-order valence-electron chi connectivity index (χ0n) is 14.4. The number of methoxy groups -OCH3 is 1. The molecule has 0 amide bonds. The second-order valence-corrected chi connectivity index (χ2v) is 5.59. The molecule has 0 fully saturated rings. The summed E-state index contributed by atoms with van der Waals surface area (Å²) < 4.78 is 10.3. The summed E-state index contributed by atoms with van der Waals surface area (Å²) in [6, 6.07) is 10.6. The Kier molecular flexibility index (Phi) is 5.95. The molecule has 0 aromatic heterocycles. The number of carbonyl (C=O) groups is 2. The third-order valence-corrected chi connectivity index (χ3v) is 3.61. The van der Waals surface area contributed by atoms with E-state index in [1.807, 2.05) is 32.0 Å². The van der Waals surface area contributed by atoms with Gasteiger partial charge in [0.25, 0.3) is 0 Å². The van der Waals surface area contributed by atoms with Gasteiger partial charge in [-0.1, -0.05) is 35.9 Å². The van der Waals surface area contributed by atoms with E-state index in [1.165, 1.54) is 13.2 Å². The smallest absolute Gasteiger partial charge is 0.186 e. The van der Waals surface area contributed by atoms with Crippen molar-refractivity contribution in [3.8, 4) is 11.5 Å². The number of benzene rings is 2. The van der Waals surface area contributed by atoms with E-state index in [9.17, 15) is 14.7 Å². The quantitative estimate of drug-likeness (QED) is 0.572. The first-order valence-electron chi connectivity index (χ1n) is 7.71. The lowest BCUT2D eigenvalue weighted by atomic mass is 10.0. The first kappa shape index (κ1) is 18.3. The fourth-order valence-corrected chi connectivity index (χ4v) is 2.40. The van der Waals surface area contributed by atoms with E-state index in [1.54, 1.807) is 24.3 Å². The third-order valence-electron chi connectivity index (χ3n) is 3.61. The van der Waals surface area contributed by atoms with Crippen LogP contribution in [0.1, 0.15) is 27.0 Å². The summed E-state index contributed by atoms with van der Waals surface area (Å²) in [5, 5.41) is 10.5. The minimum Gasteiger partial charge on any atom is -0.546 e. The van der Waals surface area contributed by atoms with E-state index in [0.29, 0.717) is 17.1 Å². The summed E-state index contributed by atoms with van der Waals surface area (Å²) in [5.74, 6) is -0.731. The molecule has 0 saturated heterocycles. The fourth-order valence-electron chi connectivity index (χ4n) is 2.40. The topological polar surface area (TPSA) is 75.7 Å². The minimum atomic E-state index is -1.31. The van der Waals surface area contributed by atoms with Crippen LogP contribution in [0.15, 0.2) is 42.5 Å². The second kappa shape index (κ2) is 8.15. The van der Waals surface area contributed by atoms with Crippen molar-refractivity contribution in [3.63, 3.8) is 0 Å². The van der Waals surface area contributed by atoms with Crippen molar-refractivity contribution in [3.05, 3.63) is 64.7 Å². The number of ketones is 1. The summed E-state index contributed by atoms with van der Waals surface area (Å²) in [7, 11) is 1.45. The first-order valence-corrected chi connectivity index (χ1v) is 7.71. The molecule has 2 rings (SSSR count). The van der Waals surface area contributed by atoms with E-state index < -0.39 is 12.6 Å². The maximum absolute atomic E-state index is 12.3. The van der Waals surface area contributed by atoms with Crippen LogP contribution in [0.3, 0.4) is 0 Å². The Balaban J connectivity index is 2.17. The van der Waals surface area contributed by atoms with Crippen molar-refractivity contribution < 1.29 is 24.2 Å². The van der Waals surface area contributed by atoms with Crippen molar-refractivity contribution in [2.75, 3.05) is 13.7 Å². The molecule has 0 spiro atoms. The summed E-state index contributed by atoms with van der Waals surface area (Å²) in [6.07, 6.45) is 3.17. The van der Waals surface area contributed by atoms with Crippen molar-refractivity contribution in [1.82, 2.24) is 0 Å². The molecule has 0 N–H and O–H groups in total. The standard InChI is InChI=1S/C20H20O5/c1-13-4-7-16(14(2)10-13)17(21)8-5-15-6-9-18(19(11-15)24-3)25-12-20(22)23/h4-11H,12H2,1-3H3,(H,22,23)/p-1/b8-5+. The zero-order chi connectivity index (χ0) is 18.4. The molecule has 0 aliphatic heterocycles. The van der Waals surface area contributed by atoms with Crippen LogP contribution in [0.2, 0.25) is 0 Å². The van der Waals surface area contributed by atoms with E-state index in [-0.39, 0.29) is 5.78 Å². The molecule has 0 aliphatic rings. The molecular weight excluding hydrogens is 320 g/mol. The maximum Gasteiger partial charge on any atom is 0.186 e. The van der Waals surface area contributed by atoms with Crippen molar-refractivity contribution >= 4 is 17.8 Å².